The van der Waals surface area contributed by atoms with E-state index in [-0.39, 0.29) is 17.8 Å². The topological polar surface area (TPSA) is 86.0 Å². The highest BCUT2D eigenvalue weighted by molar-refractivity contribution is 7.99. The van der Waals surface area contributed by atoms with E-state index in [9.17, 15) is 9.59 Å². The van der Waals surface area contributed by atoms with Crippen molar-refractivity contribution in [1.82, 2.24) is 0 Å². The van der Waals surface area contributed by atoms with Crippen LogP contribution in [-0.2, 0) is 27.2 Å². The van der Waals surface area contributed by atoms with E-state index in [1.54, 1.807) is 6.07 Å². The average molecular weight is 505 g/mol. The molecule has 0 unspecified atom stereocenters. The van der Waals surface area contributed by atoms with Gasteiger partial charge in [-0.2, -0.15) is 0 Å². The van der Waals surface area contributed by atoms with Crippen LogP contribution >= 0.6 is 11.8 Å². The summed E-state index contributed by atoms with van der Waals surface area (Å²) in [6, 6.07) is 26.3. The number of aliphatic carboxylic acids is 1. The number of hydrogen-bond donors (Lipinski definition) is 1. The number of rotatable bonds is 12. The van der Waals surface area contributed by atoms with E-state index < -0.39 is 12.6 Å². The molecular formula is C29H28O6S. The van der Waals surface area contributed by atoms with E-state index >= 15 is 0 Å². The summed E-state index contributed by atoms with van der Waals surface area (Å²) in [4.78, 5) is 22.3. The lowest BCUT2D eigenvalue weighted by molar-refractivity contribution is -0.141. The molecule has 6 nitrogen and oxygen atoms in total. The van der Waals surface area contributed by atoms with Crippen molar-refractivity contribution in [3.05, 3.63) is 101 Å². The number of carboxylic acids is 1. The van der Waals surface area contributed by atoms with E-state index in [0.717, 1.165) is 23.1 Å². The number of esters is 1. The van der Waals surface area contributed by atoms with E-state index in [1.165, 1.54) is 18.1 Å². The Hall–Kier alpha value is -3.71. The number of benzene rings is 3. The molecule has 0 aliphatic carbocycles. The van der Waals surface area contributed by atoms with Crippen LogP contribution in [-0.4, -0.2) is 36.0 Å². The molecule has 1 aromatic heterocycles. The fourth-order valence-electron chi connectivity index (χ4n) is 4.13. The number of para-hydroxylation sites is 1. The highest BCUT2D eigenvalue weighted by Gasteiger charge is 2.20. The lowest BCUT2D eigenvalue weighted by Crippen LogP contribution is -2.09. The van der Waals surface area contributed by atoms with Crippen molar-refractivity contribution in [3.8, 4) is 5.75 Å². The molecule has 0 fully saturated rings. The molecule has 1 N–H and O–H groups in total. The zero-order chi connectivity index (χ0) is 25.3. The second kappa shape index (κ2) is 12.3. The normalized spacial score (nSPS) is 11.1. The third kappa shape index (κ3) is 6.49. The van der Waals surface area contributed by atoms with Crippen molar-refractivity contribution >= 4 is 34.7 Å². The van der Waals surface area contributed by atoms with Crippen LogP contribution in [0.25, 0.3) is 11.0 Å². The molecule has 0 saturated carbocycles. The van der Waals surface area contributed by atoms with Gasteiger partial charge in [-0.05, 0) is 29.4 Å². The van der Waals surface area contributed by atoms with Gasteiger partial charge in [-0.25, -0.2) is 4.79 Å². The van der Waals surface area contributed by atoms with E-state index in [2.05, 4.69) is 48.5 Å². The van der Waals surface area contributed by atoms with Crippen LogP contribution in [0.1, 0.15) is 34.6 Å². The first-order valence-electron chi connectivity index (χ1n) is 11.8. The fourth-order valence-corrected chi connectivity index (χ4v) is 5.39. The minimum Gasteiger partial charge on any atom is -0.479 e. The summed E-state index contributed by atoms with van der Waals surface area (Å²) < 4.78 is 16.8. The number of hydrogen-bond acceptors (Lipinski definition) is 6. The molecule has 36 heavy (non-hydrogen) atoms. The molecule has 0 radical (unpaired) electrons. The van der Waals surface area contributed by atoms with Gasteiger partial charge in [0.05, 0.1) is 11.9 Å². The Morgan fingerprint density at radius 1 is 0.917 bits per heavy atom. The van der Waals surface area contributed by atoms with Gasteiger partial charge < -0.3 is 19.0 Å². The minimum atomic E-state index is -1.06. The van der Waals surface area contributed by atoms with Gasteiger partial charge in [0.15, 0.2) is 17.9 Å². The molecule has 4 aromatic rings. The monoisotopic (exact) mass is 504 g/mol. The Labute approximate surface area is 214 Å². The summed E-state index contributed by atoms with van der Waals surface area (Å²) in [6.07, 6.45) is 1.15. The molecule has 1 heterocycles. The summed E-state index contributed by atoms with van der Waals surface area (Å²) >= 11 is 1.85. The van der Waals surface area contributed by atoms with E-state index in [1.807, 2.05) is 36.0 Å². The first kappa shape index (κ1) is 25.4. The van der Waals surface area contributed by atoms with E-state index in [0.29, 0.717) is 23.5 Å². The zero-order valence-electron chi connectivity index (χ0n) is 20.0. The number of aryl methyl sites for hydroxylation is 1. The molecule has 0 aliphatic heterocycles. The van der Waals surface area contributed by atoms with Crippen LogP contribution < -0.4 is 4.74 Å². The minimum absolute atomic E-state index is 0.185. The van der Waals surface area contributed by atoms with Gasteiger partial charge in [-0.1, -0.05) is 72.8 Å². The lowest BCUT2D eigenvalue weighted by Gasteiger charge is -2.18. The van der Waals surface area contributed by atoms with Crippen molar-refractivity contribution in [3.63, 3.8) is 0 Å². The molecule has 0 amide bonds. The lowest BCUT2D eigenvalue weighted by atomic mass is 10.0. The van der Waals surface area contributed by atoms with Crippen molar-refractivity contribution < 1.29 is 28.6 Å². The van der Waals surface area contributed by atoms with Crippen molar-refractivity contribution in [2.24, 2.45) is 0 Å². The Bertz CT molecular complexity index is 1260. The molecule has 0 spiro atoms. The molecule has 0 atom stereocenters. The predicted molar refractivity (Wildman–Crippen MR) is 141 cm³/mol. The number of carbonyl (C=O) groups excluding carboxylic acids is 1. The highest BCUT2D eigenvalue weighted by atomic mass is 32.2. The maximum absolute atomic E-state index is 11.3. The third-order valence-electron chi connectivity index (χ3n) is 5.69. The summed E-state index contributed by atoms with van der Waals surface area (Å²) in [5.41, 5.74) is 4.01. The first-order chi connectivity index (χ1) is 17.5. The van der Waals surface area contributed by atoms with Crippen molar-refractivity contribution in [1.29, 1.82) is 0 Å². The number of furan rings is 1. The summed E-state index contributed by atoms with van der Waals surface area (Å²) in [7, 11) is 0. The van der Waals surface area contributed by atoms with Gasteiger partial charge in [0, 0.05) is 24.3 Å². The van der Waals surface area contributed by atoms with Gasteiger partial charge in [-0.3, -0.25) is 4.79 Å². The van der Waals surface area contributed by atoms with Crippen LogP contribution in [0.2, 0.25) is 0 Å². The predicted octanol–water partition coefficient (Wildman–Crippen LogP) is 6.07. The van der Waals surface area contributed by atoms with Gasteiger partial charge >= 0.3 is 11.9 Å². The third-order valence-corrected chi connectivity index (χ3v) is 7.01. The standard InChI is InChI=1S/C29H28O6S/c1-20(30)33-17-15-25-23(24-13-8-14-26(28(24)35-25)34-19-27(31)32)16-18-36-29(21-9-4-2-5-10-21)22-11-6-3-7-12-22/h2-14,29H,15-19H2,1H3,(H,31,32). The summed E-state index contributed by atoms with van der Waals surface area (Å²) in [5.74, 6) is 0.521. The maximum Gasteiger partial charge on any atom is 0.341 e. The molecule has 0 aliphatic rings. The van der Waals surface area contributed by atoms with Crippen LogP contribution in [0.15, 0.2) is 83.3 Å². The molecule has 0 saturated heterocycles. The van der Waals surface area contributed by atoms with Crippen LogP contribution in [0, 0.1) is 0 Å². The Morgan fingerprint density at radius 3 is 2.19 bits per heavy atom. The smallest absolute Gasteiger partial charge is 0.341 e. The summed E-state index contributed by atoms with van der Waals surface area (Å²) in [5, 5.41) is 10.1. The van der Waals surface area contributed by atoms with Crippen molar-refractivity contribution in [2.45, 2.75) is 25.0 Å². The Morgan fingerprint density at radius 2 is 1.58 bits per heavy atom. The van der Waals surface area contributed by atoms with Crippen LogP contribution in [0.3, 0.4) is 0 Å². The molecule has 4 rings (SSSR count). The highest BCUT2D eigenvalue weighted by Crippen LogP contribution is 2.38. The van der Waals surface area contributed by atoms with Gasteiger partial charge in [-0.15, -0.1) is 11.8 Å². The zero-order valence-corrected chi connectivity index (χ0v) is 20.8. The molecule has 3 aromatic carbocycles. The largest absolute Gasteiger partial charge is 0.479 e. The number of carbonyl (C=O) groups is 2. The van der Waals surface area contributed by atoms with Gasteiger partial charge in [0.25, 0.3) is 0 Å². The van der Waals surface area contributed by atoms with Crippen molar-refractivity contribution in [2.75, 3.05) is 19.0 Å². The maximum atomic E-state index is 11.3. The fraction of sp³-hybridized carbons (Fsp3) is 0.241. The SMILES string of the molecule is CC(=O)OCCc1oc2c(OCC(=O)O)cccc2c1CCSC(c1ccccc1)c1ccccc1. The molecule has 186 valence electrons. The van der Waals surface area contributed by atoms with Crippen LogP contribution in [0.4, 0.5) is 0 Å². The van der Waals surface area contributed by atoms with E-state index in [4.69, 9.17) is 19.0 Å². The second-order valence-electron chi connectivity index (χ2n) is 8.23. The number of fused-ring (bicyclic) bond motifs is 1. The van der Waals surface area contributed by atoms with Crippen LogP contribution in [0.5, 0.6) is 5.75 Å². The second-order valence-corrected chi connectivity index (χ2v) is 9.44. The Balaban J connectivity index is 1.59. The molecule has 0 bridgehead atoms. The number of thioether (sulfide) groups is 1. The van der Waals surface area contributed by atoms with Gasteiger partial charge in [0.2, 0.25) is 0 Å². The Kier molecular flexibility index (Phi) is 8.68. The molecular weight excluding hydrogens is 476 g/mol. The number of carboxylic acid groups (broad SMARTS) is 1. The number of ether oxygens (including phenoxy) is 2. The quantitative estimate of drug-likeness (QED) is 0.234. The average Bonchev–Trinajstić information content (AvgIpc) is 3.24. The summed E-state index contributed by atoms with van der Waals surface area (Å²) in [6.45, 7) is 1.13. The molecule has 7 heteroatoms. The van der Waals surface area contributed by atoms with Gasteiger partial charge in [0.1, 0.15) is 5.76 Å². The first-order valence-corrected chi connectivity index (χ1v) is 12.8.